The van der Waals surface area contributed by atoms with E-state index in [9.17, 15) is 0 Å². The van der Waals surface area contributed by atoms with Gasteiger partial charge in [0.1, 0.15) is 17.1 Å². The molecule has 0 spiro atoms. The first-order valence-electron chi connectivity index (χ1n) is 4.31. The molecule has 0 nitrogen and oxygen atoms in total. The molecule has 0 saturated carbocycles. The lowest BCUT2D eigenvalue weighted by Gasteiger charge is -1.97. The van der Waals surface area contributed by atoms with E-state index in [0.717, 1.165) is 0 Å². The smallest absolute Gasteiger partial charge is 0.0622 e. The molecular formula is C12H9S2+. The molecule has 0 unspecified atom stereocenters. The number of benzene rings is 1. The molecule has 1 aliphatic carbocycles. The first-order valence-corrected chi connectivity index (χ1v) is 6.46. The topological polar surface area (TPSA) is 0 Å². The van der Waals surface area contributed by atoms with Crippen LogP contribution in [0.3, 0.4) is 0 Å². The van der Waals surface area contributed by atoms with Crippen molar-refractivity contribution in [3.63, 3.8) is 0 Å². The highest BCUT2D eigenvalue weighted by Crippen LogP contribution is 2.37. The minimum atomic E-state index is 1.26. The normalized spacial score (nSPS) is 13.6. The average molecular weight is 217 g/mol. The van der Waals surface area contributed by atoms with E-state index in [1.807, 2.05) is 18.2 Å². The van der Waals surface area contributed by atoms with Crippen LogP contribution < -0.4 is 0 Å². The van der Waals surface area contributed by atoms with Gasteiger partial charge in [-0.3, -0.25) is 0 Å². The molecule has 0 aromatic heterocycles. The summed E-state index contributed by atoms with van der Waals surface area (Å²) in [5.41, 5.74) is 0. The second-order valence-electron chi connectivity index (χ2n) is 2.72. The maximum atomic E-state index is 3.01. The Hall–Kier alpha value is -0.950. The number of hydrogen-bond acceptors (Lipinski definition) is 2. The Balaban J connectivity index is 1.92. The fourth-order valence-electron chi connectivity index (χ4n) is 0.999. The number of hydrogen-bond donors (Lipinski definition) is 0. The zero-order valence-corrected chi connectivity index (χ0v) is 9.15. The van der Waals surface area contributed by atoms with E-state index in [-0.39, 0.29) is 0 Å². The minimum Gasteiger partial charge on any atom is -0.0622 e. The standard InChI is InChI=1S/C12H9S2/c1-3-7-11(8-4-1)13-14-12-9-5-2-6-10-12/h1,3-10H/q+1. The Labute approximate surface area is 92.2 Å². The van der Waals surface area contributed by atoms with Gasteiger partial charge in [0.05, 0.1) is 12.2 Å². The molecule has 0 fully saturated rings. The summed E-state index contributed by atoms with van der Waals surface area (Å²) in [4.78, 5) is 2.54. The minimum absolute atomic E-state index is 1.26. The zero-order valence-electron chi connectivity index (χ0n) is 7.51. The van der Waals surface area contributed by atoms with Crippen molar-refractivity contribution in [1.29, 1.82) is 0 Å². The second-order valence-corrected chi connectivity index (χ2v) is 4.99. The van der Waals surface area contributed by atoms with Crippen LogP contribution in [0.5, 0.6) is 0 Å². The van der Waals surface area contributed by atoms with Crippen molar-refractivity contribution in [1.82, 2.24) is 0 Å². The van der Waals surface area contributed by atoms with Crippen molar-refractivity contribution in [2.45, 2.75) is 4.90 Å². The number of allylic oxidation sites excluding steroid dienone is 5. The van der Waals surface area contributed by atoms with Crippen LogP contribution in [0, 0.1) is 6.08 Å². The third-order valence-electron chi connectivity index (χ3n) is 1.66. The average Bonchev–Trinajstić information content (AvgIpc) is 2.29. The Bertz CT molecular complexity index is 375. The van der Waals surface area contributed by atoms with Gasteiger partial charge in [0.25, 0.3) is 0 Å². The Morgan fingerprint density at radius 1 is 1.00 bits per heavy atom. The Kier molecular flexibility index (Phi) is 3.47. The molecular weight excluding hydrogens is 208 g/mol. The summed E-state index contributed by atoms with van der Waals surface area (Å²) in [6, 6.07) is 10.4. The van der Waals surface area contributed by atoms with Crippen LogP contribution in [-0.2, 0) is 0 Å². The van der Waals surface area contributed by atoms with E-state index in [0.29, 0.717) is 0 Å². The fourth-order valence-corrected chi connectivity index (χ4v) is 2.95. The Morgan fingerprint density at radius 3 is 2.57 bits per heavy atom. The summed E-state index contributed by atoms with van der Waals surface area (Å²) in [6.07, 6.45) is 11.0. The molecule has 1 aliphatic rings. The lowest BCUT2D eigenvalue weighted by molar-refractivity contribution is 1.48. The summed E-state index contributed by atoms with van der Waals surface area (Å²) >= 11 is 0. The third-order valence-corrected chi connectivity index (χ3v) is 4.08. The lowest BCUT2D eigenvalue weighted by Crippen LogP contribution is -1.72. The van der Waals surface area contributed by atoms with Crippen LogP contribution in [0.1, 0.15) is 0 Å². The highest BCUT2D eigenvalue weighted by Gasteiger charge is 2.03. The maximum absolute atomic E-state index is 3.01. The molecule has 0 saturated heterocycles. The van der Waals surface area contributed by atoms with Crippen molar-refractivity contribution in [2.24, 2.45) is 0 Å². The molecule has 68 valence electrons. The predicted molar refractivity (Wildman–Crippen MR) is 64.9 cm³/mol. The van der Waals surface area contributed by atoms with Crippen LogP contribution in [0.15, 0.2) is 64.4 Å². The molecule has 0 amide bonds. The molecule has 0 heterocycles. The van der Waals surface area contributed by atoms with E-state index in [2.05, 4.69) is 42.5 Å². The van der Waals surface area contributed by atoms with E-state index >= 15 is 0 Å². The molecule has 2 heteroatoms. The fraction of sp³-hybridized carbons (Fsp3) is 0. The van der Waals surface area contributed by atoms with Crippen molar-refractivity contribution in [2.75, 3.05) is 0 Å². The first-order chi connectivity index (χ1) is 6.95. The highest BCUT2D eigenvalue weighted by molar-refractivity contribution is 8.78. The van der Waals surface area contributed by atoms with Crippen LogP contribution in [0.25, 0.3) is 0 Å². The molecule has 2 rings (SSSR count). The largest absolute Gasteiger partial charge is 0.129 e. The van der Waals surface area contributed by atoms with Gasteiger partial charge in [-0.25, -0.2) is 0 Å². The summed E-state index contributed by atoms with van der Waals surface area (Å²) in [7, 11) is 3.55. The van der Waals surface area contributed by atoms with Gasteiger partial charge in [-0.15, -0.1) is 0 Å². The van der Waals surface area contributed by atoms with Crippen LogP contribution in [-0.4, -0.2) is 0 Å². The quantitative estimate of drug-likeness (QED) is 0.548. The summed E-state index contributed by atoms with van der Waals surface area (Å²) in [6.45, 7) is 0. The molecule has 0 radical (unpaired) electrons. The zero-order chi connectivity index (χ0) is 9.64. The molecule has 1 aromatic rings. The summed E-state index contributed by atoms with van der Waals surface area (Å²) in [5.74, 6) is 0. The van der Waals surface area contributed by atoms with Gasteiger partial charge in [-0.1, -0.05) is 29.0 Å². The van der Waals surface area contributed by atoms with Crippen molar-refractivity contribution in [3.05, 3.63) is 65.6 Å². The molecule has 1 aromatic carbocycles. The van der Waals surface area contributed by atoms with Crippen LogP contribution in [0.2, 0.25) is 0 Å². The molecule has 0 aliphatic heterocycles. The van der Waals surface area contributed by atoms with Gasteiger partial charge >= 0.3 is 0 Å². The van der Waals surface area contributed by atoms with Crippen LogP contribution >= 0.6 is 21.6 Å². The van der Waals surface area contributed by atoms with E-state index in [4.69, 9.17) is 0 Å². The monoisotopic (exact) mass is 217 g/mol. The van der Waals surface area contributed by atoms with Gasteiger partial charge in [0, 0.05) is 11.0 Å². The van der Waals surface area contributed by atoms with Gasteiger partial charge in [-0.2, -0.15) is 0 Å². The van der Waals surface area contributed by atoms with E-state index in [1.54, 1.807) is 21.6 Å². The molecule has 0 bridgehead atoms. The van der Waals surface area contributed by atoms with Gasteiger partial charge in [0.2, 0.25) is 0 Å². The summed E-state index contributed by atoms with van der Waals surface area (Å²) in [5, 5.41) is 0. The second kappa shape index (κ2) is 5.06. The van der Waals surface area contributed by atoms with Gasteiger partial charge in [0.15, 0.2) is 0 Å². The lowest BCUT2D eigenvalue weighted by atomic mass is 10.3. The van der Waals surface area contributed by atoms with E-state index in [1.165, 1.54) is 9.80 Å². The first kappa shape index (κ1) is 9.60. The number of rotatable bonds is 3. The van der Waals surface area contributed by atoms with Gasteiger partial charge < -0.3 is 0 Å². The summed E-state index contributed by atoms with van der Waals surface area (Å²) < 4.78 is 0. The van der Waals surface area contributed by atoms with Crippen molar-refractivity contribution < 1.29 is 0 Å². The molecule has 0 atom stereocenters. The van der Waals surface area contributed by atoms with Crippen molar-refractivity contribution in [3.8, 4) is 0 Å². The third kappa shape index (κ3) is 2.78. The SMILES string of the molecule is [C+]1=CC=C(SSc2ccccc2)C=C1. The van der Waals surface area contributed by atoms with E-state index < -0.39 is 0 Å². The van der Waals surface area contributed by atoms with Crippen molar-refractivity contribution >= 4 is 21.6 Å². The predicted octanol–water partition coefficient (Wildman–Crippen LogP) is 4.24. The highest BCUT2D eigenvalue weighted by atomic mass is 33.1. The molecule has 14 heavy (non-hydrogen) atoms. The van der Waals surface area contributed by atoms with Crippen LogP contribution in [0.4, 0.5) is 0 Å². The maximum Gasteiger partial charge on any atom is 0.129 e. The molecule has 0 N–H and O–H groups in total. The Morgan fingerprint density at radius 2 is 1.86 bits per heavy atom. The van der Waals surface area contributed by atoms with Gasteiger partial charge in [-0.05, 0) is 22.9 Å².